The number of ether oxygens (including phenoxy) is 2. The van der Waals surface area contributed by atoms with Crippen molar-refractivity contribution in [3.8, 4) is 0 Å². The lowest BCUT2D eigenvalue weighted by Gasteiger charge is -2.24. The average molecular weight is 287 g/mol. The van der Waals surface area contributed by atoms with Gasteiger partial charge in [-0.15, -0.1) is 0 Å². The minimum atomic E-state index is -0.484. The maximum Gasteiger partial charge on any atom is 0.410 e. The first kappa shape index (κ1) is 18.7. The summed E-state index contributed by atoms with van der Waals surface area (Å²) >= 11 is 0. The highest BCUT2D eigenvalue weighted by Crippen LogP contribution is 2.11. The average Bonchev–Trinajstić information content (AvgIpc) is 2.18. The van der Waals surface area contributed by atoms with Crippen LogP contribution in [-0.4, -0.2) is 41.8 Å². The Hall–Kier alpha value is -1.26. The van der Waals surface area contributed by atoms with Crippen LogP contribution in [0, 0.1) is 0 Å². The number of esters is 1. The normalized spacial score (nSPS) is 11.9. The molecule has 0 N–H and O–H groups in total. The van der Waals surface area contributed by atoms with Crippen molar-refractivity contribution in [1.82, 2.24) is 4.90 Å². The van der Waals surface area contributed by atoms with Crippen molar-refractivity contribution in [3.05, 3.63) is 0 Å². The van der Waals surface area contributed by atoms with Crippen LogP contribution < -0.4 is 0 Å². The molecule has 0 aliphatic rings. The van der Waals surface area contributed by atoms with E-state index in [4.69, 9.17) is 9.47 Å². The molecule has 0 unspecified atom stereocenters. The van der Waals surface area contributed by atoms with E-state index >= 15 is 0 Å². The fraction of sp³-hybridized carbons (Fsp3) is 0.867. The van der Waals surface area contributed by atoms with Crippen molar-refractivity contribution in [3.63, 3.8) is 0 Å². The third-order valence-electron chi connectivity index (χ3n) is 2.25. The molecule has 0 aromatic carbocycles. The van der Waals surface area contributed by atoms with E-state index in [2.05, 4.69) is 0 Å². The lowest BCUT2D eigenvalue weighted by Crippen LogP contribution is -2.34. The summed E-state index contributed by atoms with van der Waals surface area (Å²) in [6.45, 7) is 11.6. The summed E-state index contributed by atoms with van der Waals surface area (Å²) < 4.78 is 10.5. The van der Waals surface area contributed by atoms with Gasteiger partial charge in [0.25, 0.3) is 0 Å². The quantitative estimate of drug-likeness (QED) is 0.574. The largest absolute Gasteiger partial charge is 0.460 e. The minimum Gasteiger partial charge on any atom is -0.460 e. The van der Waals surface area contributed by atoms with Crippen LogP contribution in [0.2, 0.25) is 0 Å². The van der Waals surface area contributed by atoms with Crippen LogP contribution >= 0.6 is 0 Å². The molecule has 0 saturated carbocycles. The monoisotopic (exact) mass is 287 g/mol. The van der Waals surface area contributed by atoms with Crippen molar-refractivity contribution in [1.29, 1.82) is 0 Å². The van der Waals surface area contributed by atoms with E-state index in [0.29, 0.717) is 19.4 Å². The maximum atomic E-state index is 11.7. The second-order valence-electron chi connectivity index (χ2n) is 6.95. The lowest BCUT2D eigenvalue weighted by atomic mass is 10.2. The van der Waals surface area contributed by atoms with Crippen LogP contribution in [0.5, 0.6) is 0 Å². The van der Waals surface area contributed by atoms with Crippen molar-refractivity contribution in [2.45, 2.75) is 72.0 Å². The smallest absolute Gasteiger partial charge is 0.410 e. The van der Waals surface area contributed by atoms with Crippen LogP contribution in [0.1, 0.15) is 60.8 Å². The first-order valence-corrected chi connectivity index (χ1v) is 7.07. The fourth-order valence-corrected chi connectivity index (χ4v) is 1.44. The maximum absolute atomic E-state index is 11.7. The van der Waals surface area contributed by atoms with E-state index in [1.807, 2.05) is 41.5 Å². The molecule has 20 heavy (non-hydrogen) atoms. The molecule has 0 aromatic rings. The highest BCUT2D eigenvalue weighted by molar-refractivity contribution is 5.69. The van der Waals surface area contributed by atoms with Gasteiger partial charge in [0.1, 0.15) is 11.2 Å². The third-order valence-corrected chi connectivity index (χ3v) is 2.25. The molecular formula is C15H29NO4. The molecule has 118 valence electrons. The van der Waals surface area contributed by atoms with Gasteiger partial charge in [0.05, 0.1) is 0 Å². The van der Waals surface area contributed by atoms with E-state index < -0.39 is 11.2 Å². The Labute approximate surface area is 122 Å². The Morgan fingerprint density at radius 2 is 1.40 bits per heavy atom. The summed E-state index contributed by atoms with van der Waals surface area (Å²) in [6, 6.07) is 0. The van der Waals surface area contributed by atoms with E-state index in [9.17, 15) is 9.59 Å². The second kappa shape index (κ2) is 7.50. The summed E-state index contributed by atoms with van der Waals surface area (Å²) in [7, 11) is 1.70. The highest BCUT2D eigenvalue weighted by Gasteiger charge is 2.19. The zero-order valence-electron chi connectivity index (χ0n) is 13.9. The number of carbonyl (C=O) groups excluding carboxylic acids is 2. The van der Waals surface area contributed by atoms with E-state index in [-0.39, 0.29) is 12.1 Å². The first-order chi connectivity index (χ1) is 8.91. The van der Waals surface area contributed by atoms with Crippen LogP contribution in [0.4, 0.5) is 4.79 Å². The Bertz CT molecular complexity index is 326. The molecule has 0 atom stereocenters. The minimum absolute atomic E-state index is 0.197. The van der Waals surface area contributed by atoms with Gasteiger partial charge in [0, 0.05) is 20.0 Å². The summed E-state index contributed by atoms with van der Waals surface area (Å²) in [5, 5.41) is 0. The van der Waals surface area contributed by atoms with Gasteiger partial charge in [-0.1, -0.05) is 0 Å². The predicted octanol–water partition coefficient (Wildman–Crippen LogP) is 3.37. The molecule has 0 aliphatic carbocycles. The molecule has 0 fully saturated rings. The third kappa shape index (κ3) is 10.6. The first-order valence-electron chi connectivity index (χ1n) is 7.07. The van der Waals surface area contributed by atoms with Crippen molar-refractivity contribution in [2.24, 2.45) is 0 Å². The van der Waals surface area contributed by atoms with Crippen molar-refractivity contribution >= 4 is 12.1 Å². The molecule has 5 nitrogen and oxygen atoms in total. The second-order valence-corrected chi connectivity index (χ2v) is 6.95. The van der Waals surface area contributed by atoms with Gasteiger partial charge >= 0.3 is 12.1 Å². The molecule has 0 aromatic heterocycles. The number of amides is 1. The van der Waals surface area contributed by atoms with E-state index in [0.717, 1.165) is 6.42 Å². The summed E-state index contributed by atoms with van der Waals surface area (Å²) in [5.74, 6) is -0.197. The molecule has 0 aliphatic heterocycles. The highest BCUT2D eigenvalue weighted by atomic mass is 16.6. The Morgan fingerprint density at radius 1 is 0.900 bits per heavy atom. The van der Waals surface area contributed by atoms with Gasteiger partial charge in [0.2, 0.25) is 0 Å². The molecule has 0 heterocycles. The van der Waals surface area contributed by atoms with Gasteiger partial charge < -0.3 is 14.4 Å². The molecule has 0 radical (unpaired) electrons. The lowest BCUT2D eigenvalue weighted by molar-refractivity contribution is -0.154. The van der Waals surface area contributed by atoms with E-state index in [1.165, 1.54) is 4.90 Å². The molecule has 1 amide bonds. The number of nitrogens with zero attached hydrogens (tertiary/aromatic N) is 1. The van der Waals surface area contributed by atoms with Crippen molar-refractivity contribution in [2.75, 3.05) is 13.6 Å². The molecule has 0 rings (SSSR count). The Kier molecular flexibility index (Phi) is 7.03. The topological polar surface area (TPSA) is 55.8 Å². The van der Waals surface area contributed by atoms with Gasteiger partial charge in [-0.2, -0.15) is 0 Å². The van der Waals surface area contributed by atoms with Crippen molar-refractivity contribution < 1.29 is 19.1 Å². The predicted molar refractivity (Wildman–Crippen MR) is 78.6 cm³/mol. The summed E-state index contributed by atoms with van der Waals surface area (Å²) in [4.78, 5) is 24.7. The number of hydrogen-bond donors (Lipinski definition) is 0. The Balaban J connectivity index is 3.85. The molecular weight excluding hydrogens is 258 g/mol. The van der Waals surface area contributed by atoms with Gasteiger partial charge in [-0.25, -0.2) is 4.79 Å². The molecule has 5 heteroatoms. The molecule has 0 bridgehead atoms. The van der Waals surface area contributed by atoms with Crippen LogP contribution in [0.3, 0.4) is 0 Å². The number of hydrogen-bond acceptors (Lipinski definition) is 4. The molecule has 0 saturated heterocycles. The summed E-state index contributed by atoms with van der Waals surface area (Å²) in [5.41, 5.74) is -0.924. The molecule has 0 spiro atoms. The number of rotatable bonds is 5. The Morgan fingerprint density at radius 3 is 1.85 bits per heavy atom. The fourth-order valence-electron chi connectivity index (χ4n) is 1.44. The summed E-state index contributed by atoms with van der Waals surface area (Å²) in [6.07, 6.45) is 1.48. The number of carbonyl (C=O) groups is 2. The van der Waals surface area contributed by atoms with Crippen LogP contribution in [0.15, 0.2) is 0 Å². The standard InChI is InChI=1S/C15H29NO4/c1-14(2,3)19-12(17)10-8-9-11-16(7)13(18)20-15(4,5)6/h8-11H2,1-7H3. The van der Waals surface area contributed by atoms with Gasteiger partial charge in [0.15, 0.2) is 0 Å². The van der Waals surface area contributed by atoms with E-state index in [1.54, 1.807) is 7.05 Å². The SMILES string of the molecule is CN(CCCCC(=O)OC(C)(C)C)C(=O)OC(C)(C)C. The zero-order chi connectivity index (χ0) is 16.0. The number of unbranched alkanes of at least 4 members (excludes halogenated alkanes) is 1. The van der Waals surface area contributed by atoms with Crippen LogP contribution in [0.25, 0.3) is 0 Å². The van der Waals surface area contributed by atoms with Gasteiger partial charge in [-0.05, 0) is 54.4 Å². The zero-order valence-corrected chi connectivity index (χ0v) is 13.9. The van der Waals surface area contributed by atoms with Gasteiger partial charge in [-0.3, -0.25) is 4.79 Å². The van der Waals surface area contributed by atoms with Crippen LogP contribution in [-0.2, 0) is 14.3 Å².